The van der Waals surface area contributed by atoms with E-state index in [1.54, 1.807) is 37.3 Å². The fourth-order valence-electron chi connectivity index (χ4n) is 2.66. The molecule has 0 amide bonds. The highest BCUT2D eigenvalue weighted by atomic mass is 32.2. The Morgan fingerprint density at radius 2 is 2.00 bits per heavy atom. The Balaban J connectivity index is 2.38. The van der Waals surface area contributed by atoms with Crippen LogP contribution < -0.4 is 4.31 Å². The van der Waals surface area contributed by atoms with Gasteiger partial charge >= 0.3 is 0 Å². The average molecular weight is 328 g/mol. The summed E-state index contributed by atoms with van der Waals surface area (Å²) >= 11 is 0. The molecule has 0 aliphatic carbocycles. The Hall–Kier alpha value is -2.60. The largest absolute Gasteiger partial charge is 0.504 e. The van der Waals surface area contributed by atoms with Crippen LogP contribution in [-0.2, 0) is 10.0 Å². The lowest BCUT2D eigenvalue weighted by Gasteiger charge is -2.30. The summed E-state index contributed by atoms with van der Waals surface area (Å²) in [7, 11) is -3.91. The molecule has 1 aliphatic heterocycles. The summed E-state index contributed by atoms with van der Waals surface area (Å²) in [4.78, 5) is 4.03. The van der Waals surface area contributed by atoms with Crippen LogP contribution in [0.5, 0.6) is 0 Å². The summed E-state index contributed by atoms with van der Waals surface area (Å²) in [6.45, 7) is 5.53. The Morgan fingerprint density at radius 3 is 2.70 bits per heavy atom. The van der Waals surface area contributed by atoms with E-state index < -0.39 is 10.0 Å². The molecule has 23 heavy (non-hydrogen) atoms. The van der Waals surface area contributed by atoms with Crippen LogP contribution in [-0.4, -0.2) is 25.1 Å². The van der Waals surface area contributed by atoms with E-state index in [9.17, 15) is 13.5 Å². The lowest BCUT2D eigenvalue weighted by atomic mass is 10.1. The van der Waals surface area contributed by atoms with Crippen molar-refractivity contribution in [1.82, 2.24) is 4.98 Å². The summed E-state index contributed by atoms with van der Waals surface area (Å²) in [5.74, 6) is -0.324. The van der Waals surface area contributed by atoms with Crippen LogP contribution in [0, 0.1) is 6.92 Å². The first-order valence-corrected chi connectivity index (χ1v) is 8.50. The van der Waals surface area contributed by atoms with Crippen LogP contribution >= 0.6 is 0 Å². The Bertz CT molecular complexity index is 917. The molecule has 1 aromatic carbocycles. The molecule has 2 heterocycles. The van der Waals surface area contributed by atoms with E-state index in [2.05, 4.69) is 11.6 Å². The lowest BCUT2D eigenvalue weighted by molar-refractivity contribution is 0.509. The zero-order chi connectivity index (χ0) is 16.6. The number of pyridine rings is 1. The number of hydrogen-bond donors (Lipinski definition) is 1. The topological polar surface area (TPSA) is 70.5 Å². The number of fused-ring (bicyclic) bond motifs is 1. The van der Waals surface area contributed by atoms with Gasteiger partial charge in [-0.3, -0.25) is 9.29 Å². The van der Waals surface area contributed by atoms with Crippen LogP contribution in [0.4, 0.5) is 5.69 Å². The number of aromatic nitrogens is 1. The Morgan fingerprint density at radius 1 is 1.26 bits per heavy atom. The molecule has 6 heteroatoms. The molecule has 0 fully saturated rings. The minimum Gasteiger partial charge on any atom is -0.504 e. The van der Waals surface area contributed by atoms with E-state index in [1.807, 2.05) is 6.07 Å². The Kier molecular flexibility index (Phi) is 3.69. The molecule has 2 aromatic rings. The van der Waals surface area contributed by atoms with Crippen molar-refractivity contribution < 1.29 is 13.5 Å². The predicted octanol–water partition coefficient (Wildman–Crippen LogP) is 3.11. The number of anilines is 1. The van der Waals surface area contributed by atoms with Crippen molar-refractivity contribution in [1.29, 1.82) is 0 Å². The zero-order valence-corrected chi connectivity index (χ0v) is 13.4. The molecule has 1 aromatic heterocycles. The number of aliphatic hydroxyl groups is 1. The second kappa shape index (κ2) is 5.55. The summed E-state index contributed by atoms with van der Waals surface area (Å²) < 4.78 is 27.3. The van der Waals surface area contributed by atoms with Crippen molar-refractivity contribution in [3.8, 4) is 0 Å². The van der Waals surface area contributed by atoms with Gasteiger partial charge in [-0.25, -0.2) is 8.42 Å². The first-order chi connectivity index (χ1) is 11.0. The minimum atomic E-state index is -3.91. The van der Waals surface area contributed by atoms with Gasteiger partial charge in [-0.15, -0.1) is 6.58 Å². The number of hydrogen-bond acceptors (Lipinski definition) is 4. The standard InChI is InChI=1S/C17H16N2O3S/c1-3-11-19-14-9-6-10-18-15(14)16(20)17(23(19,21)22)13-8-5-4-7-12(13)2/h3-10,20H,1,11H2,2H3. The van der Waals surface area contributed by atoms with E-state index in [-0.39, 0.29) is 22.9 Å². The second-order valence-corrected chi connectivity index (χ2v) is 6.99. The van der Waals surface area contributed by atoms with Gasteiger partial charge in [0.05, 0.1) is 12.2 Å². The van der Waals surface area contributed by atoms with Crippen LogP contribution in [0.15, 0.2) is 55.3 Å². The van der Waals surface area contributed by atoms with Gasteiger partial charge in [0.1, 0.15) is 10.6 Å². The molecular weight excluding hydrogens is 312 g/mol. The highest BCUT2D eigenvalue weighted by Gasteiger charge is 2.38. The molecule has 0 saturated carbocycles. The molecule has 0 unspecified atom stereocenters. The third-order valence-corrected chi connectivity index (χ3v) is 5.58. The maximum absolute atomic E-state index is 13.1. The van der Waals surface area contributed by atoms with Crippen molar-refractivity contribution in [3.05, 3.63) is 72.1 Å². The van der Waals surface area contributed by atoms with Crippen molar-refractivity contribution in [2.24, 2.45) is 0 Å². The number of sulfonamides is 1. The van der Waals surface area contributed by atoms with Crippen LogP contribution in [0.3, 0.4) is 0 Å². The number of benzene rings is 1. The fraction of sp³-hybridized carbons (Fsp3) is 0.118. The van der Waals surface area contributed by atoms with Gasteiger partial charge in [-0.1, -0.05) is 30.3 Å². The minimum absolute atomic E-state index is 0.101. The SMILES string of the molecule is C=CCN1c2cccnc2C(O)=C(c2ccccc2C)S1(=O)=O. The smallest absolute Gasteiger partial charge is 0.269 e. The van der Waals surface area contributed by atoms with Crippen LogP contribution in [0.25, 0.3) is 10.7 Å². The first kappa shape index (κ1) is 15.3. The maximum atomic E-state index is 13.1. The quantitative estimate of drug-likeness (QED) is 0.879. The number of aliphatic hydroxyl groups excluding tert-OH is 1. The van der Waals surface area contributed by atoms with E-state index in [4.69, 9.17) is 0 Å². The molecule has 5 nitrogen and oxygen atoms in total. The number of aryl methyl sites for hydroxylation is 1. The molecular formula is C17H16N2O3S. The number of rotatable bonds is 3. The predicted molar refractivity (Wildman–Crippen MR) is 91.3 cm³/mol. The Labute approximate surface area is 135 Å². The molecule has 0 atom stereocenters. The lowest BCUT2D eigenvalue weighted by Crippen LogP contribution is -2.36. The van der Waals surface area contributed by atoms with Gasteiger partial charge in [0, 0.05) is 11.8 Å². The van der Waals surface area contributed by atoms with Gasteiger partial charge in [0.25, 0.3) is 10.0 Å². The highest BCUT2D eigenvalue weighted by molar-refractivity contribution is 8.02. The third-order valence-electron chi connectivity index (χ3n) is 3.73. The van der Waals surface area contributed by atoms with E-state index in [1.165, 1.54) is 16.6 Å². The van der Waals surface area contributed by atoms with Crippen molar-refractivity contribution >= 4 is 26.4 Å². The second-order valence-electron chi connectivity index (χ2n) is 5.19. The molecule has 1 N–H and O–H groups in total. The average Bonchev–Trinajstić information content (AvgIpc) is 2.53. The van der Waals surface area contributed by atoms with Crippen molar-refractivity contribution in [2.45, 2.75) is 6.92 Å². The molecule has 1 aliphatic rings. The molecule has 0 radical (unpaired) electrons. The van der Waals surface area contributed by atoms with Crippen LogP contribution in [0.1, 0.15) is 16.8 Å². The third kappa shape index (κ3) is 2.31. The van der Waals surface area contributed by atoms with Gasteiger partial charge in [0.2, 0.25) is 0 Å². The van der Waals surface area contributed by atoms with Crippen molar-refractivity contribution in [2.75, 3.05) is 10.8 Å². The van der Waals surface area contributed by atoms with E-state index >= 15 is 0 Å². The summed E-state index contributed by atoms with van der Waals surface area (Å²) in [6.07, 6.45) is 3.03. The molecule has 0 saturated heterocycles. The number of nitrogens with zero attached hydrogens (tertiary/aromatic N) is 2. The van der Waals surface area contributed by atoms with Crippen molar-refractivity contribution in [3.63, 3.8) is 0 Å². The van der Waals surface area contributed by atoms with E-state index in [0.29, 0.717) is 11.3 Å². The zero-order valence-electron chi connectivity index (χ0n) is 12.6. The normalized spacial score (nSPS) is 16.1. The maximum Gasteiger partial charge on any atom is 0.269 e. The molecule has 0 bridgehead atoms. The van der Waals surface area contributed by atoms with Gasteiger partial charge in [0.15, 0.2) is 5.76 Å². The van der Waals surface area contributed by atoms with Gasteiger partial charge in [-0.2, -0.15) is 0 Å². The summed E-state index contributed by atoms with van der Waals surface area (Å²) in [5.41, 5.74) is 1.83. The first-order valence-electron chi connectivity index (χ1n) is 7.06. The van der Waals surface area contributed by atoms with Gasteiger partial charge in [-0.05, 0) is 24.6 Å². The monoisotopic (exact) mass is 328 g/mol. The molecule has 0 spiro atoms. The van der Waals surface area contributed by atoms with E-state index in [0.717, 1.165) is 5.56 Å². The summed E-state index contributed by atoms with van der Waals surface area (Å²) in [6, 6.07) is 10.3. The summed E-state index contributed by atoms with van der Waals surface area (Å²) in [5, 5.41) is 10.6. The fourth-order valence-corrected chi connectivity index (χ4v) is 4.43. The van der Waals surface area contributed by atoms with Crippen LogP contribution in [0.2, 0.25) is 0 Å². The molecule has 118 valence electrons. The highest BCUT2D eigenvalue weighted by Crippen LogP contribution is 2.42. The molecule has 3 rings (SSSR count). The van der Waals surface area contributed by atoms with Gasteiger partial charge < -0.3 is 5.11 Å².